The Balaban J connectivity index is 2.83. The zero-order chi connectivity index (χ0) is 11.3. The number of hydrogen-bond acceptors (Lipinski definition) is 4. The van der Waals surface area contributed by atoms with Crippen molar-refractivity contribution >= 4 is 23.5 Å². The lowest BCUT2D eigenvalue weighted by molar-refractivity contribution is 0.412. The second-order valence-corrected chi connectivity index (χ2v) is 3.10. The average molecular weight is 225 g/mol. The monoisotopic (exact) mass is 225 g/mol. The van der Waals surface area contributed by atoms with Gasteiger partial charge in [0.15, 0.2) is 5.11 Å². The third-order valence-electron chi connectivity index (χ3n) is 1.61. The molecule has 0 bridgehead atoms. The first-order valence-corrected chi connectivity index (χ1v) is 4.50. The van der Waals surface area contributed by atoms with Crippen molar-refractivity contribution in [3.05, 3.63) is 23.8 Å². The lowest BCUT2D eigenvalue weighted by Crippen LogP contribution is -2.23. The van der Waals surface area contributed by atoms with Gasteiger partial charge in [-0.25, -0.2) is 0 Å². The number of hydrogen-bond donors (Lipinski definition) is 3. The number of phenolic OH excluding ortho intramolecular Hbond substituents is 1. The van der Waals surface area contributed by atoms with E-state index in [1.165, 1.54) is 12.3 Å². The van der Waals surface area contributed by atoms with E-state index in [0.717, 1.165) is 0 Å². The summed E-state index contributed by atoms with van der Waals surface area (Å²) in [6, 6.07) is 4.80. The molecule has 0 amide bonds. The van der Waals surface area contributed by atoms with Crippen molar-refractivity contribution < 1.29 is 9.84 Å². The summed E-state index contributed by atoms with van der Waals surface area (Å²) in [6.45, 7) is 0. The number of nitrogens with zero attached hydrogens (tertiary/aromatic N) is 1. The highest BCUT2D eigenvalue weighted by molar-refractivity contribution is 7.80. The van der Waals surface area contributed by atoms with Gasteiger partial charge in [0.25, 0.3) is 0 Å². The minimum atomic E-state index is 0.0636. The molecule has 0 aliphatic heterocycles. The molecule has 1 rings (SSSR count). The fourth-order valence-electron chi connectivity index (χ4n) is 0.928. The summed E-state index contributed by atoms with van der Waals surface area (Å²) in [7, 11) is 1.54. The van der Waals surface area contributed by atoms with Crippen molar-refractivity contribution in [1.82, 2.24) is 5.43 Å². The molecule has 15 heavy (non-hydrogen) atoms. The van der Waals surface area contributed by atoms with Crippen LogP contribution in [0.25, 0.3) is 0 Å². The molecule has 80 valence electrons. The van der Waals surface area contributed by atoms with Gasteiger partial charge in [-0.3, -0.25) is 5.43 Å². The van der Waals surface area contributed by atoms with E-state index in [2.05, 4.69) is 22.7 Å². The average Bonchev–Trinajstić information content (AvgIpc) is 2.20. The second-order valence-electron chi connectivity index (χ2n) is 2.66. The van der Waals surface area contributed by atoms with Crippen molar-refractivity contribution in [3.63, 3.8) is 0 Å². The summed E-state index contributed by atoms with van der Waals surface area (Å²) in [4.78, 5) is 0. The van der Waals surface area contributed by atoms with E-state index in [-0.39, 0.29) is 10.9 Å². The summed E-state index contributed by atoms with van der Waals surface area (Å²) in [5.41, 5.74) is 8.07. The second kappa shape index (κ2) is 5.16. The Morgan fingerprint density at radius 1 is 1.67 bits per heavy atom. The van der Waals surface area contributed by atoms with Crippen molar-refractivity contribution in [1.29, 1.82) is 0 Å². The molecule has 0 radical (unpaired) electrons. The van der Waals surface area contributed by atoms with Gasteiger partial charge in [-0.1, -0.05) is 0 Å². The van der Waals surface area contributed by atoms with E-state index >= 15 is 0 Å². The van der Waals surface area contributed by atoms with Gasteiger partial charge in [-0.15, -0.1) is 0 Å². The number of phenols is 1. The lowest BCUT2D eigenvalue weighted by Gasteiger charge is -2.02. The van der Waals surface area contributed by atoms with Crippen LogP contribution < -0.4 is 15.9 Å². The van der Waals surface area contributed by atoms with Crippen molar-refractivity contribution in [2.75, 3.05) is 7.11 Å². The summed E-state index contributed by atoms with van der Waals surface area (Å²) in [5.74, 6) is 0.730. The molecule has 1 aromatic rings. The summed E-state index contributed by atoms with van der Waals surface area (Å²) in [6.07, 6.45) is 1.40. The smallest absolute Gasteiger partial charge is 0.184 e. The molecule has 0 fully saturated rings. The van der Waals surface area contributed by atoms with Crippen LogP contribution in [0.5, 0.6) is 11.5 Å². The Morgan fingerprint density at radius 2 is 2.40 bits per heavy atom. The van der Waals surface area contributed by atoms with E-state index in [0.29, 0.717) is 11.3 Å². The van der Waals surface area contributed by atoms with Crippen LogP contribution in [-0.2, 0) is 0 Å². The fraction of sp³-hybridized carbons (Fsp3) is 0.111. The van der Waals surface area contributed by atoms with Gasteiger partial charge in [0.2, 0.25) is 0 Å². The van der Waals surface area contributed by atoms with Crippen LogP contribution in [0.15, 0.2) is 23.3 Å². The highest BCUT2D eigenvalue weighted by Crippen LogP contribution is 2.20. The van der Waals surface area contributed by atoms with Crippen LogP contribution in [0, 0.1) is 0 Å². The molecule has 0 saturated heterocycles. The molecule has 1 aromatic carbocycles. The predicted molar refractivity (Wildman–Crippen MR) is 62.2 cm³/mol. The van der Waals surface area contributed by atoms with Crippen LogP contribution in [0.4, 0.5) is 0 Å². The number of ether oxygens (including phenoxy) is 1. The lowest BCUT2D eigenvalue weighted by atomic mass is 10.2. The Morgan fingerprint density at radius 3 is 3.00 bits per heavy atom. The van der Waals surface area contributed by atoms with Gasteiger partial charge in [0.1, 0.15) is 11.5 Å². The van der Waals surface area contributed by atoms with E-state index in [1.54, 1.807) is 19.2 Å². The molecule has 0 aliphatic rings. The molecular weight excluding hydrogens is 214 g/mol. The topological polar surface area (TPSA) is 79.9 Å². The number of nitrogens with two attached hydrogens (primary N) is 1. The molecule has 6 heteroatoms. The maximum atomic E-state index is 9.46. The maximum absolute atomic E-state index is 9.46. The van der Waals surface area contributed by atoms with Crippen LogP contribution >= 0.6 is 12.2 Å². The number of aromatic hydroxyl groups is 1. The van der Waals surface area contributed by atoms with E-state index in [1.807, 2.05) is 0 Å². The number of rotatable bonds is 3. The minimum absolute atomic E-state index is 0.0636. The van der Waals surface area contributed by atoms with Gasteiger partial charge in [0, 0.05) is 5.56 Å². The SMILES string of the molecule is COc1ccc(O)c(/C=N\NC(N)=S)c1. The molecule has 0 saturated carbocycles. The van der Waals surface area contributed by atoms with E-state index in [9.17, 15) is 5.11 Å². The first-order valence-electron chi connectivity index (χ1n) is 4.09. The van der Waals surface area contributed by atoms with Crippen molar-refractivity contribution in [2.24, 2.45) is 10.8 Å². The van der Waals surface area contributed by atoms with Gasteiger partial charge >= 0.3 is 0 Å². The summed E-state index contributed by atoms with van der Waals surface area (Å²) >= 11 is 4.56. The predicted octanol–water partition coefficient (Wildman–Crippen LogP) is 0.568. The van der Waals surface area contributed by atoms with Gasteiger partial charge in [-0.2, -0.15) is 5.10 Å². The largest absolute Gasteiger partial charge is 0.507 e. The number of thiocarbonyl (C=S) groups is 1. The highest BCUT2D eigenvalue weighted by atomic mass is 32.1. The third kappa shape index (κ3) is 3.43. The van der Waals surface area contributed by atoms with Crippen molar-refractivity contribution in [3.8, 4) is 11.5 Å². The Labute approximate surface area is 92.5 Å². The number of hydrazone groups is 1. The molecule has 5 nitrogen and oxygen atoms in total. The summed E-state index contributed by atoms with van der Waals surface area (Å²) < 4.78 is 4.99. The van der Waals surface area contributed by atoms with Crippen LogP contribution in [0.3, 0.4) is 0 Å². The zero-order valence-corrected chi connectivity index (χ0v) is 8.91. The third-order valence-corrected chi connectivity index (χ3v) is 1.70. The Hall–Kier alpha value is -1.82. The van der Waals surface area contributed by atoms with E-state index in [4.69, 9.17) is 10.5 Å². The number of methoxy groups -OCH3 is 1. The molecule has 0 heterocycles. The molecule has 0 aromatic heterocycles. The molecular formula is C9H11N3O2S. The molecule has 0 spiro atoms. The van der Waals surface area contributed by atoms with Crippen LogP contribution in [0.2, 0.25) is 0 Å². The van der Waals surface area contributed by atoms with Gasteiger partial charge in [0.05, 0.1) is 13.3 Å². The van der Waals surface area contributed by atoms with Gasteiger partial charge < -0.3 is 15.6 Å². The van der Waals surface area contributed by atoms with Crippen molar-refractivity contribution in [2.45, 2.75) is 0 Å². The van der Waals surface area contributed by atoms with Gasteiger partial charge in [-0.05, 0) is 30.4 Å². The zero-order valence-electron chi connectivity index (χ0n) is 8.10. The first kappa shape index (κ1) is 11.3. The van der Waals surface area contributed by atoms with Crippen LogP contribution in [-0.4, -0.2) is 23.5 Å². The molecule has 0 unspecified atom stereocenters. The quantitative estimate of drug-likeness (QED) is 0.398. The minimum Gasteiger partial charge on any atom is -0.507 e. The Bertz CT molecular complexity index is 393. The van der Waals surface area contributed by atoms with Crippen LogP contribution in [0.1, 0.15) is 5.56 Å². The normalized spacial score (nSPS) is 10.2. The first-order chi connectivity index (χ1) is 7.13. The van der Waals surface area contributed by atoms with E-state index < -0.39 is 0 Å². The molecule has 4 N–H and O–H groups in total. The highest BCUT2D eigenvalue weighted by Gasteiger charge is 1.99. The Kier molecular flexibility index (Phi) is 3.87. The molecule has 0 aliphatic carbocycles. The molecule has 0 atom stereocenters. The maximum Gasteiger partial charge on any atom is 0.184 e. The number of nitrogens with one attached hydrogen (secondary N) is 1. The standard InChI is InChI=1S/C9H11N3O2S/c1-14-7-2-3-8(13)6(4-7)5-11-12-9(10)15/h2-5,13H,1H3,(H3,10,12,15)/b11-5-. The fourth-order valence-corrected chi connectivity index (χ4v) is 0.981. The number of benzene rings is 1. The summed E-state index contributed by atoms with van der Waals surface area (Å²) in [5, 5.41) is 13.2.